The molecule has 3 unspecified atom stereocenters. The van der Waals surface area contributed by atoms with Crippen molar-refractivity contribution in [2.45, 2.75) is 50.9 Å². The first-order valence-corrected chi connectivity index (χ1v) is 15.8. The van der Waals surface area contributed by atoms with Gasteiger partial charge >= 0.3 is 11.9 Å². The minimum absolute atomic E-state index is 0.134. The summed E-state index contributed by atoms with van der Waals surface area (Å²) in [5.41, 5.74) is 6.52. The van der Waals surface area contributed by atoms with E-state index in [9.17, 15) is 14.7 Å². The van der Waals surface area contributed by atoms with Crippen LogP contribution in [-0.2, 0) is 28.9 Å². The zero-order valence-electron chi connectivity index (χ0n) is 25.9. The minimum Gasteiger partial charge on any atom is -0.497 e. The molecule has 0 saturated heterocycles. The van der Waals surface area contributed by atoms with E-state index in [1.807, 2.05) is 73.7 Å². The van der Waals surface area contributed by atoms with Gasteiger partial charge in [-0.25, -0.2) is 0 Å². The minimum atomic E-state index is -0.975. The lowest BCUT2D eigenvalue weighted by atomic mass is 9.78. The van der Waals surface area contributed by atoms with Gasteiger partial charge in [0.2, 0.25) is 6.79 Å². The first kappa shape index (κ1) is 29.7. The van der Waals surface area contributed by atoms with E-state index in [2.05, 4.69) is 0 Å². The summed E-state index contributed by atoms with van der Waals surface area (Å²) >= 11 is 0. The van der Waals surface area contributed by atoms with E-state index in [1.165, 1.54) is 11.1 Å². The predicted molar refractivity (Wildman–Crippen MR) is 170 cm³/mol. The number of hydrogen-bond acceptors (Lipinski definition) is 7. The van der Waals surface area contributed by atoms with Crippen molar-refractivity contribution in [1.29, 1.82) is 0 Å². The number of carboxylic acid groups (broad SMARTS) is 1. The summed E-state index contributed by atoms with van der Waals surface area (Å²) in [5, 5.41) is 9.92. The third-order valence-electron chi connectivity index (χ3n) is 9.26. The molecule has 1 aliphatic heterocycles. The Labute approximate surface area is 267 Å². The first-order chi connectivity index (χ1) is 22.4. The molecular formula is C38H36O8. The number of rotatable bonds is 10. The summed E-state index contributed by atoms with van der Waals surface area (Å²) in [6.07, 6.45) is 3.69. The summed E-state index contributed by atoms with van der Waals surface area (Å²) in [4.78, 5) is 26.8. The molecule has 0 saturated carbocycles. The number of benzene rings is 4. The second-order valence-corrected chi connectivity index (χ2v) is 12.1. The van der Waals surface area contributed by atoms with E-state index < -0.39 is 29.7 Å². The largest absolute Gasteiger partial charge is 0.497 e. The SMILES string of the molecule is CCCOc1ccc2c(c1)C(c1ccc(OC)cc1CC(=O)O)C(C(=O)Oc1ccc3c(c1)CCC3)C2c1ccc2c(c1)OCO2. The molecule has 0 radical (unpaired) electrons. The van der Waals surface area contributed by atoms with Gasteiger partial charge in [0.1, 0.15) is 17.2 Å². The number of methoxy groups -OCH3 is 1. The number of carboxylic acids is 1. The fourth-order valence-electron chi connectivity index (χ4n) is 7.25. The molecular weight excluding hydrogens is 584 g/mol. The average Bonchev–Trinajstić information content (AvgIpc) is 3.80. The molecule has 0 aromatic heterocycles. The van der Waals surface area contributed by atoms with Crippen molar-refractivity contribution in [3.8, 4) is 28.7 Å². The van der Waals surface area contributed by atoms with Crippen molar-refractivity contribution in [1.82, 2.24) is 0 Å². The molecule has 1 heterocycles. The molecule has 4 aromatic carbocycles. The number of hydrogen-bond donors (Lipinski definition) is 1. The third-order valence-corrected chi connectivity index (χ3v) is 9.26. The average molecular weight is 621 g/mol. The van der Waals surface area contributed by atoms with Crippen LogP contribution in [0.2, 0.25) is 0 Å². The highest BCUT2D eigenvalue weighted by atomic mass is 16.7. The summed E-state index contributed by atoms with van der Waals surface area (Å²) < 4.78 is 29.1. The van der Waals surface area contributed by atoms with Gasteiger partial charge in [-0.3, -0.25) is 9.59 Å². The van der Waals surface area contributed by atoms with E-state index >= 15 is 0 Å². The summed E-state index contributed by atoms with van der Waals surface area (Å²) in [6, 6.07) is 23.1. The van der Waals surface area contributed by atoms with Gasteiger partial charge in [0, 0.05) is 11.8 Å². The van der Waals surface area contributed by atoms with Gasteiger partial charge < -0.3 is 28.8 Å². The molecule has 3 atom stereocenters. The van der Waals surface area contributed by atoms with Crippen molar-refractivity contribution < 1.29 is 38.4 Å². The fourth-order valence-corrected chi connectivity index (χ4v) is 7.25. The van der Waals surface area contributed by atoms with Crippen molar-refractivity contribution in [2.24, 2.45) is 5.92 Å². The summed E-state index contributed by atoms with van der Waals surface area (Å²) in [7, 11) is 1.55. The highest BCUT2D eigenvalue weighted by Crippen LogP contribution is 2.55. The number of esters is 1. The highest BCUT2D eigenvalue weighted by molar-refractivity contribution is 5.82. The Hall–Kier alpha value is -4.98. The second kappa shape index (κ2) is 12.4. The fraction of sp³-hybridized carbons (Fsp3) is 0.316. The van der Waals surface area contributed by atoms with Crippen molar-refractivity contribution >= 4 is 11.9 Å². The number of aryl methyl sites for hydroxylation is 2. The van der Waals surface area contributed by atoms with Gasteiger partial charge in [0.15, 0.2) is 11.5 Å². The molecule has 46 heavy (non-hydrogen) atoms. The zero-order valence-corrected chi connectivity index (χ0v) is 25.9. The monoisotopic (exact) mass is 620 g/mol. The maximum atomic E-state index is 14.6. The topological polar surface area (TPSA) is 101 Å². The van der Waals surface area contributed by atoms with Crippen LogP contribution in [-0.4, -0.2) is 37.6 Å². The van der Waals surface area contributed by atoms with E-state index in [0.29, 0.717) is 40.9 Å². The summed E-state index contributed by atoms with van der Waals surface area (Å²) in [5.74, 6) is -0.0336. The molecule has 0 bridgehead atoms. The first-order valence-electron chi connectivity index (χ1n) is 15.8. The van der Waals surface area contributed by atoms with Crippen LogP contribution in [0.5, 0.6) is 28.7 Å². The van der Waals surface area contributed by atoms with Crippen LogP contribution in [0.3, 0.4) is 0 Å². The Bertz CT molecular complexity index is 1810. The van der Waals surface area contributed by atoms with Crippen LogP contribution < -0.4 is 23.7 Å². The quantitative estimate of drug-likeness (QED) is 0.152. The lowest BCUT2D eigenvalue weighted by Gasteiger charge is -2.26. The Kier molecular flexibility index (Phi) is 8.03. The van der Waals surface area contributed by atoms with Crippen LogP contribution in [0, 0.1) is 5.92 Å². The molecule has 0 spiro atoms. The number of fused-ring (bicyclic) bond motifs is 3. The van der Waals surface area contributed by atoms with Crippen LogP contribution in [0.15, 0.2) is 72.8 Å². The number of carbonyl (C=O) groups is 2. The molecule has 2 aliphatic carbocycles. The molecule has 8 heteroatoms. The van der Waals surface area contributed by atoms with Gasteiger partial charge in [-0.15, -0.1) is 0 Å². The van der Waals surface area contributed by atoms with Gasteiger partial charge in [-0.2, -0.15) is 0 Å². The Morgan fingerprint density at radius 2 is 1.59 bits per heavy atom. The predicted octanol–water partition coefficient (Wildman–Crippen LogP) is 6.83. The van der Waals surface area contributed by atoms with Crippen molar-refractivity contribution in [3.05, 3.63) is 112 Å². The number of aliphatic carboxylic acids is 1. The lowest BCUT2D eigenvalue weighted by molar-refractivity contribution is -0.139. The van der Waals surface area contributed by atoms with Crippen LogP contribution >= 0.6 is 0 Å². The maximum Gasteiger partial charge on any atom is 0.316 e. The Balaban J connectivity index is 1.40. The van der Waals surface area contributed by atoms with Crippen molar-refractivity contribution in [2.75, 3.05) is 20.5 Å². The van der Waals surface area contributed by atoms with Crippen molar-refractivity contribution in [3.63, 3.8) is 0 Å². The molecule has 0 fully saturated rings. The van der Waals surface area contributed by atoms with Gasteiger partial charge in [0.05, 0.1) is 26.1 Å². The van der Waals surface area contributed by atoms with Gasteiger partial charge in [-0.05, 0) is 113 Å². The Morgan fingerprint density at radius 3 is 2.41 bits per heavy atom. The lowest BCUT2D eigenvalue weighted by Crippen LogP contribution is -2.29. The molecule has 1 N–H and O–H groups in total. The van der Waals surface area contributed by atoms with Crippen LogP contribution in [0.25, 0.3) is 0 Å². The highest BCUT2D eigenvalue weighted by Gasteiger charge is 2.48. The van der Waals surface area contributed by atoms with Crippen LogP contribution in [0.1, 0.15) is 70.5 Å². The van der Waals surface area contributed by atoms with Gasteiger partial charge in [-0.1, -0.05) is 31.2 Å². The van der Waals surface area contributed by atoms with E-state index in [1.54, 1.807) is 13.2 Å². The molecule has 0 amide bonds. The summed E-state index contributed by atoms with van der Waals surface area (Å²) in [6.45, 7) is 2.73. The van der Waals surface area contributed by atoms with E-state index in [-0.39, 0.29) is 13.2 Å². The van der Waals surface area contributed by atoms with E-state index in [0.717, 1.165) is 47.9 Å². The second-order valence-electron chi connectivity index (χ2n) is 12.1. The molecule has 7 rings (SSSR count). The van der Waals surface area contributed by atoms with Gasteiger partial charge in [0.25, 0.3) is 0 Å². The third kappa shape index (κ3) is 5.53. The molecule has 236 valence electrons. The molecule has 8 nitrogen and oxygen atoms in total. The smallest absolute Gasteiger partial charge is 0.316 e. The van der Waals surface area contributed by atoms with Crippen LogP contribution in [0.4, 0.5) is 0 Å². The molecule has 3 aliphatic rings. The number of carbonyl (C=O) groups excluding carboxylic acids is 1. The normalized spacial score (nSPS) is 19.0. The number of ether oxygens (including phenoxy) is 5. The zero-order chi connectivity index (χ0) is 31.8. The Morgan fingerprint density at radius 1 is 0.804 bits per heavy atom. The standard InChI is InChI=1S/C38H36O8/c1-3-15-43-27-11-13-30-31(20-27)36(29-12-10-26(42-2)17-25(29)19-34(39)40)37(35(30)24-8-14-32-33(18-24)45-21-44-32)38(41)46-28-9-7-22-5-4-6-23(22)16-28/h7-14,16-18,20,35-37H,3-6,15,19,21H2,1-2H3,(H,39,40). The molecule has 4 aromatic rings. The maximum absolute atomic E-state index is 14.6. The van der Waals surface area contributed by atoms with E-state index in [4.69, 9.17) is 23.7 Å².